The number of hydrogen-bond donors (Lipinski definition) is 1. The molecule has 1 aromatic heterocycles. The van der Waals surface area contributed by atoms with Crippen LogP contribution in [0.15, 0.2) is 22.6 Å². The van der Waals surface area contributed by atoms with Gasteiger partial charge in [-0.15, -0.1) is 0 Å². The number of oxazole rings is 1. The van der Waals surface area contributed by atoms with Gasteiger partial charge in [-0.1, -0.05) is 0 Å². The van der Waals surface area contributed by atoms with Crippen LogP contribution in [0, 0.1) is 5.82 Å². The maximum Gasteiger partial charge on any atom is 0.212 e. The van der Waals surface area contributed by atoms with Crippen LogP contribution in [-0.4, -0.2) is 11.5 Å². The van der Waals surface area contributed by atoms with Crippen molar-refractivity contribution >= 4 is 11.1 Å². The van der Waals surface area contributed by atoms with Gasteiger partial charge in [0.15, 0.2) is 5.58 Å². The van der Waals surface area contributed by atoms with E-state index < -0.39 is 0 Å². The van der Waals surface area contributed by atoms with Gasteiger partial charge in [0.1, 0.15) is 11.3 Å². The summed E-state index contributed by atoms with van der Waals surface area (Å²) in [5.74, 6) is 0.398. The molecule has 0 saturated carbocycles. The van der Waals surface area contributed by atoms with Crippen LogP contribution in [0.2, 0.25) is 0 Å². The fourth-order valence-corrected chi connectivity index (χ4v) is 1.96. The van der Waals surface area contributed by atoms with Crippen molar-refractivity contribution in [2.45, 2.75) is 18.9 Å². The van der Waals surface area contributed by atoms with Crippen LogP contribution in [0.25, 0.3) is 11.1 Å². The molecular formula is C11H11FN2O. The molecule has 2 aromatic rings. The zero-order valence-corrected chi connectivity index (χ0v) is 8.16. The van der Waals surface area contributed by atoms with Gasteiger partial charge in [0.25, 0.3) is 0 Å². The molecule has 0 spiro atoms. The lowest BCUT2D eigenvalue weighted by atomic mass is 10.2. The lowest BCUT2D eigenvalue weighted by molar-refractivity contribution is 0.451. The van der Waals surface area contributed by atoms with Gasteiger partial charge in [-0.05, 0) is 31.5 Å². The summed E-state index contributed by atoms with van der Waals surface area (Å²) in [5.41, 5.74) is 1.25. The Balaban J connectivity index is 2.05. The van der Waals surface area contributed by atoms with Crippen molar-refractivity contribution < 1.29 is 8.81 Å². The van der Waals surface area contributed by atoms with Crippen molar-refractivity contribution in [2.24, 2.45) is 0 Å². The number of hydrogen-bond acceptors (Lipinski definition) is 3. The molecule has 0 amide bonds. The molecular weight excluding hydrogens is 195 g/mol. The summed E-state index contributed by atoms with van der Waals surface area (Å²) in [6, 6.07) is 4.60. The number of aromatic nitrogens is 1. The molecule has 15 heavy (non-hydrogen) atoms. The smallest absolute Gasteiger partial charge is 0.212 e. The van der Waals surface area contributed by atoms with Crippen molar-refractivity contribution in [3.8, 4) is 0 Å². The van der Waals surface area contributed by atoms with Crippen LogP contribution in [0.3, 0.4) is 0 Å². The van der Waals surface area contributed by atoms with Gasteiger partial charge in [0.2, 0.25) is 5.89 Å². The molecule has 3 rings (SSSR count). The summed E-state index contributed by atoms with van der Waals surface area (Å²) in [4.78, 5) is 4.29. The first kappa shape index (κ1) is 8.85. The number of fused-ring (bicyclic) bond motifs is 1. The molecule has 1 N–H and O–H groups in total. The minimum Gasteiger partial charge on any atom is -0.439 e. The van der Waals surface area contributed by atoms with Gasteiger partial charge in [-0.3, -0.25) is 0 Å². The Hall–Kier alpha value is -1.42. The van der Waals surface area contributed by atoms with E-state index in [2.05, 4.69) is 10.3 Å². The molecule has 3 nitrogen and oxygen atoms in total. The van der Waals surface area contributed by atoms with Crippen LogP contribution in [-0.2, 0) is 0 Å². The Morgan fingerprint density at radius 1 is 1.47 bits per heavy atom. The van der Waals surface area contributed by atoms with Crippen molar-refractivity contribution in [1.82, 2.24) is 10.3 Å². The van der Waals surface area contributed by atoms with Gasteiger partial charge in [-0.25, -0.2) is 9.37 Å². The molecule has 1 aliphatic heterocycles. The van der Waals surface area contributed by atoms with Gasteiger partial charge in [0, 0.05) is 6.07 Å². The van der Waals surface area contributed by atoms with Crippen molar-refractivity contribution in [1.29, 1.82) is 0 Å². The van der Waals surface area contributed by atoms with E-state index in [1.54, 1.807) is 6.07 Å². The number of benzene rings is 1. The van der Waals surface area contributed by atoms with Crippen LogP contribution < -0.4 is 5.32 Å². The summed E-state index contributed by atoms with van der Waals surface area (Å²) in [6.07, 6.45) is 2.17. The molecule has 4 heteroatoms. The van der Waals surface area contributed by atoms with E-state index in [4.69, 9.17) is 4.42 Å². The Morgan fingerprint density at radius 2 is 2.40 bits per heavy atom. The molecule has 1 fully saturated rings. The van der Waals surface area contributed by atoms with E-state index >= 15 is 0 Å². The standard InChI is InChI=1S/C11H11FN2O/c12-7-3-4-10-9(6-7)14-11(15-10)8-2-1-5-13-8/h3-4,6,8,13H,1-2,5H2. The third kappa shape index (κ3) is 1.51. The molecule has 1 aromatic carbocycles. The maximum absolute atomic E-state index is 12.9. The zero-order chi connectivity index (χ0) is 10.3. The predicted octanol–water partition coefficient (Wildman–Crippen LogP) is 2.39. The van der Waals surface area contributed by atoms with Crippen molar-refractivity contribution in [3.05, 3.63) is 29.9 Å². The van der Waals surface area contributed by atoms with Crippen LogP contribution in [0.5, 0.6) is 0 Å². The molecule has 78 valence electrons. The fraction of sp³-hybridized carbons (Fsp3) is 0.364. The number of halogens is 1. The minimum absolute atomic E-state index is 0.195. The molecule has 1 unspecified atom stereocenters. The SMILES string of the molecule is Fc1ccc2oc(C3CCCN3)nc2c1. The van der Waals surface area contributed by atoms with E-state index in [1.165, 1.54) is 12.1 Å². The third-order valence-corrected chi connectivity index (χ3v) is 2.72. The van der Waals surface area contributed by atoms with Gasteiger partial charge < -0.3 is 9.73 Å². The van der Waals surface area contributed by atoms with Crippen LogP contribution >= 0.6 is 0 Å². The van der Waals surface area contributed by atoms with E-state index in [1.807, 2.05) is 0 Å². The average Bonchev–Trinajstić information content (AvgIpc) is 2.84. The summed E-state index contributed by atoms with van der Waals surface area (Å²) in [5, 5.41) is 3.30. The molecule has 0 radical (unpaired) electrons. The minimum atomic E-state index is -0.276. The highest BCUT2D eigenvalue weighted by Crippen LogP contribution is 2.26. The Labute approximate surface area is 86.3 Å². The van der Waals surface area contributed by atoms with Crippen molar-refractivity contribution in [3.63, 3.8) is 0 Å². The van der Waals surface area contributed by atoms with Gasteiger partial charge in [-0.2, -0.15) is 0 Å². The molecule has 2 heterocycles. The lowest BCUT2D eigenvalue weighted by Crippen LogP contribution is -2.12. The summed E-state index contributed by atoms with van der Waals surface area (Å²) < 4.78 is 18.5. The second-order valence-electron chi connectivity index (χ2n) is 3.81. The molecule has 1 aliphatic rings. The Bertz CT molecular complexity index is 488. The summed E-state index contributed by atoms with van der Waals surface area (Å²) >= 11 is 0. The largest absolute Gasteiger partial charge is 0.439 e. The Kier molecular flexibility index (Phi) is 1.95. The van der Waals surface area contributed by atoms with E-state index in [0.29, 0.717) is 17.0 Å². The van der Waals surface area contributed by atoms with Gasteiger partial charge >= 0.3 is 0 Å². The second-order valence-corrected chi connectivity index (χ2v) is 3.81. The molecule has 1 saturated heterocycles. The highest BCUT2D eigenvalue weighted by Gasteiger charge is 2.21. The zero-order valence-electron chi connectivity index (χ0n) is 8.16. The van der Waals surface area contributed by atoms with Crippen LogP contribution in [0.4, 0.5) is 4.39 Å². The Morgan fingerprint density at radius 3 is 3.20 bits per heavy atom. The normalized spacial score (nSPS) is 21.3. The number of rotatable bonds is 1. The lowest BCUT2D eigenvalue weighted by Gasteiger charge is -2.02. The molecule has 0 bridgehead atoms. The average molecular weight is 206 g/mol. The fourth-order valence-electron chi connectivity index (χ4n) is 1.96. The summed E-state index contributed by atoms with van der Waals surface area (Å²) in [6.45, 7) is 0.998. The third-order valence-electron chi connectivity index (χ3n) is 2.72. The summed E-state index contributed by atoms with van der Waals surface area (Å²) in [7, 11) is 0. The second kappa shape index (κ2) is 3.31. The van der Waals surface area contributed by atoms with E-state index in [-0.39, 0.29) is 11.9 Å². The first-order chi connectivity index (χ1) is 7.33. The first-order valence-corrected chi connectivity index (χ1v) is 5.12. The number of nitrogens with zero attached hydrogens (tertiary/aromatic N) is 1. The number of nitrogens with one attached hydrogen (secondary N) is 1. The molecule has 0 aliphatic carbocycles. The van der Waals surface area contributed by atoms with E-state index in [0.717, 1.165) is 19.4 Å². The predicted molar refractivity (Wildman–Crippen MR) is 53.9 cm³/mol. The highest BCUT2D eigenvalue weighted by molar-refractivity contribution is 5.72. The molecule has 1 atom stereocenters. The van der Waals surface area contributed by atoms with Gasteiger partial charge in [0.05, 0.1) is 6.04 Å². The van der Waals surface area contributed by atoms with Crippen LogP contribution in [0.1, 0.15) is 24.8 Å². The first-order valence-electron chi connectivity index (χ1n) is 5.12. The maximum atomic E-state index is 12.9. The van der Waals surface area contributed by atoms with Crippen molar-refractivity contribution in [2.75, 3.05) is 6.54 Å². The highest BCUT2D eigenvalue weighted by atomic mass is 19.1. The van der Waals surface area contributed by atoms with E-state index in [9.17, 15) is 4.39 Å². The quantitative estimate of drug-likeness (QED) is 0.778. The monoisotopic (exact) mass is 206 g/mol. The topological polar surface area (TPSA) is 38.1 Å².